The fraction of sp³-hybridized carbons (Fsp3) is 0. The van der Waals surface area contributed by atoms with Gasteiger partial charge in [-0.25, -0.2) is 0 Å². The Hall–Kier alpha value is 4.11. The molecule has 0 aromatic heterocycles. The summed E-state index contributed by atoms with van der Waals surface area (Å²) in [7, 11) is 0. The normalized spacial score (nSPS) is 2.00. The molecule has 6 nitrogen and oxygen atoms in total. The van der Waals surface area contributed by atoms with E-state index in [9.17, 15) is 0 Å². The zero-order valence-electron chi connectivity index (χ0n) is 4.80. The van der Waals surface area contributed by atoms with Gasteiger partial charge in [-0.2, -0.15) is 0 Å². The third kappa shape index (κ3) is 144. The monoisotopic (exact) mass is 486 g/mol. The third-order valence-corrected chi connectivity index (χ3v) is 0. The van der Waals surface area contributed by atoms with E-state index >= 15 is 0 Å². The van der Waals surface area contributed by atoms with Gasteiger partial charge < -0.3 is 0 Å². The van der Waals surface area contributed by atoms with E-state index in [1.807, 2.05) is 0 Å². The van der Waals surface area contributed by atoms with Gasteiger partial charge >= 0.3 is 142 Å². The SMILES string of the molecule is [BaH2].[Ce].[MgH2].[O]=[Al][OH].[O]=[Al][OH].[O]=[Al][OH]. The zero-order valence-corrected chi connectivity index (χ0v) is 11.4. The molecule has 0 unspecified atom stereocenters. The molecule has 12 heavy (non-hydrogen) atoms. The molecule has 0 bridgehead atoms. The molecule has 0 aromatic rings. The van der Waals surface area contributed by atoms with E-state index in [1.165, 1.54) is 0 Å². The van der Waals surface area contributed by atoms with Gasteiger partial charge in [-0.3, -0.25) is 0 Å². The molecule has 0 aliphatic heterocycles. The van der Waals surface area contributed by atoms with Crippen molar-refractivity contribution >= 4 is 118 Å². The molecule has 0 atom stereocenters. The van der Waals surface area contributed by atoms with Crippen LogP contribution in [0.5, 0.6) is 0 Å². The van der Waals surface area contributed by atoms with Gasteiger partial charge in [0.25, 0.3) is 0 Å². The quantitative estimate of drug-likeness (QED) is 0.296. The van der Waals surface area contributed by atoms with Crippen molar-refractivity contribution in [3.05, 3.63) is 0 Å². The van der Waals surface area contributed by atoms with Crippen LogP contribution in [0.3, 0.4) is 0 Å². The van der Waals surface area contributed by atoms with Crippen LogP contribution in [0.25, 0.3) is 0 Å². The molecular formula is H7Al3BaCeMgO6. The molecule has 3 N–H and O–H groups in total. The Morgan fingerprint density at radius 1 is 0.750 bits per heavy atom. The molecule has 12 heteroatoms. The Morgan fingerprint density at radius 2 is 0.750 bits per heavy atom. The fourth-order valence-electron chi connectivity index (χ4n) is 0. The molecule has 0 heterocycles. The Kier molecular flexibility index (Phi) is 178. The average molecular weight is 486 g/mol. The molecule has 0 saturated carbocycles. The number of hydrogen-bond acceptors (Lipinski definition) is 3. The summed E-state index contributed by atoms with van der Waals surface area (Å²) in [6.07, 6.45) is 0. The Labute approximate surface area is 179 Å². The fourth-order valence-corrected chi connectivity index (χ4v) is 0. The van der Waals surface area contributed by atoms with E-state index in [2.05, 4.69) is 0 Å². The van der Waals surface area contributed by atoms with E-state index in [4.69, 9.17) is 23.9 Å². The van der Waals surface area contributed by atoms with Gasteiger partial charge in [-0.15, -0.1) is 0 Å². The molecule has 0 fully saturated rings. The standard InChI is InChI=1S/3Al.Ba.Ce.Mg.3H2O.3O.4H/h;;;;;;3*1H2;;;;;;;/q3*+1;;;;;;;;;;;;;/p-3. The molecule has 0 aromatic carbocycles. The summed E-state index contributed by atoms with van der Waals surface area (Å²) in [5, 5.41) is 0. The Balaban J connectivity index is -0.00000001000. The topological polar surface area (TPSA) is 112 Å². The minimum atomic E-state index is -1.50. The van der Waals surface area contributed by atoms with Crippen LogP contribution < -0.4 is 0 Å². The summed E-state index contributed by atoms with van der Waals surface area (Å²) < 4.78 is 47.0. The molecule has 60 valence electrons. The number of hydrogen-bond donors (Lipinski definition) is 3. The Morgan fingerprint density at radius 3 is 0.750 bits per heavy atom. The van der Waals surface area contributed by atoms with Crippen molar-refractivity contribution in [1.29, 1.82) is 0 Å². The van der Waals surface area contributed by atoms with E-state index in [1.54, 1.807) is 0 Å². The minimum absolute atomic E-state index is 0. The maximum atomic E-state index is 8.57. The zero-order chi connectivity index (χ0) is 8.12. The van der Waals surface area contributed by atoms with Gasteiger partial charge in [0.05, 0.1) is 0 Å². The maximum absolute atomic E-state index is 8.57. The molecule has 0 amide bonds. The van der Waals surface area contributed by atoms with Crippen LogP contribution in [-0.4, -0.2) is 131 Å². The van der Waals surface area contributed by atoms with Crippen molar-refractivity contribution in [3.63, 3.8) is 0 Å². The van der Waals surface area contributed by atoms with Crippen molar-refractivity contribution in [2.24, 2.45) is 0 Å². The third-order valence-electron chi connectivity index (χ3n) is 0. The van der Waals surface area contributed by atoms with Crippen molar-refractivity contribution in [3.8, 4) is 0 Å². The molecule has 0 radical (unpaired) electrons. The summed E-state index contributed by atoms with van der Waals surface area (Å²) in [5.41, 5.74) is 0. The summed E-state index contributed by atoms with van der Waals surface area (Å²) in [6.45, 7) is 0. The first-order chi connectivity index (χ1) is 4.24. The predicted molar refractivity (Wildman–Crippen MR) is 43.1 cm³/mol. The van der Waals surface area contributed by atoms with E-state index in [0.29, 0.717) is 0 Å². The van der Waals surface area contributed by atoms with Gasteiger partial charge in [-0.05, 0) is 0 Å². The van der Waals surface area contributed by atoms with Crippen molar-refractivity contribution < 1.29 is 65.6 Å². The first kappa shape index (κ1) is 36.0. The van der Waals surface area contributed by atoms with Gasteiger partial charge in [0, 0.05) is 41.7 Å². The second kappa shape index (κ2) is 59.5. The molecule has 0 rings (SSSR count). The number of rotatable bonds is 0. The molecule has 0 aliphatic rings. The second-order valence-electron chi connectivity index (χ2n) is 0.316. The van der Waals surface area contributed by atoms with Crippen molar-refractivity contribution in [2.45, 2.75) is 0 Å². The van der Waals surface area contributed by atoms with Crippen molar-refractivity contribution in [2.75, 3.05) is 0 Å². The summed E-state index contributed by atoms with van der Waals surface area (Å²) in [4.78, 5) is 0. The van der Waals surface area contributed by atoms with Crippen LogP contribution in [0.4, 0.5) is 0 Å². The second-order valence-corrected chi connectivity index (χ2v) is 0.949. The molecule has 0 spiro atoms. The van der Waals surface area contributed by atoms with Crippen LogP contribution in [0.1, 0.15) is 0 Å². The first-order valence-electron chi connectivity index (χ1n) is 1.48. The van der Waals surface area contributed by atoms with E-state index in [0.717, 1.165) is 0 Å². The van der Waals surface area contributed by atoms with Gasteiger partial charge in [-0.1, -0.05) is 0 Å². The molecular weight excluding hydrogens is 479 g/mol. The predicted octanol–water partition coefficient (Wildman–Crippen LogP) is -5.00. The van der Waals surface area contributed by atoms with E-state index in [-0.39, 0.29) is 114 Å². The van der Waals surface area contributed by atoms with Gasteiger partial charge in [0.15, 0.2) is 0 Å². The van der Waals surface area contributed by atoms with E-state index < -0.39 is 46.5 Å². The van der Waals surface area contributed by atoms with Crippen LogP contribution in [0, 0.1) is 41.7 Å². The molecule has 0 aliphatic carbocycles. The van der Waals surface area contributed by atoms with Gasteiger partial charge in [0.2, 0.25) is 0 Å². The van der Waals surface area contributed by atoms with Crippen LogP contribution in [-0.2, 0) is 11.4 Å². The summed E-state index contributed by atoms with van der Waals surface area (Å²) >= 11 is -4.50. The Bertz CT molecular complexity index is 59.5. The van der Waals surface area contributed by atoms with Crippen LogP contribution >= 0.6 is 0 Å². The molecule has 0 saturated heterocycles. The van der Waals surface area contributed by atoms with Crippen LogP contribution in [0.2, 0.25) is 0 Å². The summed E-state index contributed by atoms with van der Waals surface area (Å²) in [5.74, 6) is 0. The summed E-state index contributed by atoms with van der Waals surface area (Å²) in [6, 6.07) is 0. The first-order valence-corrected chi connectivity index (χ1v) is 4.45. The van der Waals surface area contributed by atoms with Gasteiger partial charge in [0.1, 0.15) is 0 Å². The van der Waals surface area contributed by atoms with Crippen molar-refractivity contribution in [1.82, 2.24) is 0 Å². The average Bonchev–Trinajstić information content (AvgIpc) is 1.70. The van der Waals surface area contributed by atoms with Crippen LogP contribution in [0.15, 0.2) is 0 Å².